The first-order chi connectivity index (χ1) is 11.0. The van der Waals surface area contributed by atoms with Crippen LogP contribution in [0.5, 0.6) is 0 Å². The summed E-state index contributed by atoms with van der Waals surface area (Å²) in [5.74, 6) is 0.708. The monoisotopic (exact) mass is 504 g/mol. The Balaban J connectivity index is 0.00000288. The molecule has 1 aromatic rings. The maximum atomic E-state index is 12.0. The van der Waals surface area contributed by atoms with Gasteiger partial charge in [-0.3, -0.25) is 4.99 Å². The second-order valence-corrected chi connectivity index (χ2v) is 8.71. The van der Waals surface area contributed by atoms with Gasteiger partial charge in [0.15, 0.2) is 5.96 Å². The molecule has 1 aromatic heterocycles. The average molecular weight is 505 g/mol. The highest BCUT2D eigenvalue weighted by Crippen LogP contribution is 2.25. The van der Waals surface area contributed by atoms with Gasteiger partial charge >= 0.3 is 0 Å². The van der Waals surface area contributed by atoms with E-state index in [1.807, 2.05) is 6.92 Å². The molecule has 0 atom stereocenters. The average Bonchev–Trinajstić information content (AvgIpc) is 3.15. The van der Waals surface area contributed by atoms with E-state index in [0.29, 0.717) is 22.9 Å². The van der Waals surface area contributed by atoms with Crippen molar-refractivity contribution in [2.24, 2.45) is 4.99 Å². The minimum atomic E-state index is -3.51. The molecule has 136 valence electrons. The first kappa shape index (κ1) is 21.7. The largest absolute Gasteiger partial charge is 0.357 e. The van der Waals surface area contributed by atoms with Gasteiger partial charge in [0.25, 0.3) is 0 Å². The third-order valence-electron chi connectivity index (χ3n) is 3.18. The van der Waals surface area contributed by atoms with Crippen molar-refractivity contribution in [1.82, 2.24) is 15.4 Å². The molecule has 0 fully saturated rings. The highest BCUT2D eigenvalue weighted by atomic mass is 127. The van der Waals surface area contributed by atoms with Crippen LogP contribution in [0.25, 0.3) is 0 Å². The number of guanidine groups is 1. The molecule has 0 bridgehead atoms. The van der Waals surface area contributed by atoms with Gasteiger partial charge in [-0.2, -0.15) is 0 Å². The van der Waals surface area contributed by atoms with Crippen molar-refractivity contribution in [2.45, 2.75) is 30.0 Å². The van der Waals surface area contributed by atoms with Crippen molar-refractivity contribution in [2.75, 3.05) is 19.6 Å². The Morgan fingerprint density at radius 1 is 1.38 bits per heavy atom. The van der Waals surface area contributed by atoms with Crippen LogP contribution in [-0.4, -0.2) is 40.1 Å². The number of nitrogens with one attached hydrogen (secondary N) is 3. The van der Waals surface area contributed by atoms with E-state index < -0.39 is 10.0 Å². The first-order valence-electron chi connectivity index (χ1n) is 7.46. The second-order valence-electron chi connectivity index (χ2n) is 5.00. The fraction of sp³-hybridized carbons (Fsp3) is 0.500. The Bertz CT molecular complexity index is 668. The SMILES string of the molecule is CCNC(=NCCNS(=O)(=O)c1ccc(Cl)s1)NC1CC=CC1.I. The predicted octanol–water partition coefficient (Wildman–Crippen LogP) is 2.57. The zero-order valence-corrected chi connectivity index (χ0v) is 18.0. The second kappa shape index (κ2) is 10.6. The van der Waals surface area contributed by atoms with Crippen LogP contribution in [-0.2, 0) is 10.0 Å². The molecule has 24 heavy (non-hydrogen) atoms. The van der Waals surface area contributed by atoms with Crippen molar-refractivity contribution in [3.05, 3.63) is 28.6 Å². The van der Waals surface area contributed by atoms with Crippen LogP contribution in [0, 0.1) is 0 Å². The lowest BCUT2D eigenvalue weighted by molar-refractivity contribution is 0.583. The van der Waals surface area contributed by atoms with Gasteiger partial charge in [0, 0.05) is 19.1 Å². The van der Waals surface area contributed by atoms with Crippen molar-refractivity contribution < 1.29 is 8.42 Å². The lowest BCUT2D eigenvalue weighted by Crippen LogP contribution is -2.42. The van der Waals surface area contributed by atoms with E-state index in [4.69, 9.17) is 11.6 Å². The molecule has 0 saturated heterocycles. The van der Waals surface area contributed by atoms with Crippen LogP contribution in [0.3, 0.4) is 0 Å². The van der Waals surface area contributed by atoms with E-state index >= 15 is 0 Å². The van der Waals surface area contributed by atoms with Crippen LogP contribution in [0.2, 0.25) is 4.34 Å². The van der Waals surface area contributed by atoms with E-state index in [2.05, 4.69) is 32.5 Å². The van der Waals surface area contributed by atoms with Gasteiger partial charge < -0.3 is 10.6 Å². The summed E-state index contributed by atoms with van der Waals surface area (Å²) in [6.45, 7) is 3.34. The number of hydrogen-bond acceptors (Lipinski definition) is 4. The number of sulfonamides is 1. The number of nitrogens with zero attached hydrogens (tertiary/aromatic N) is 1. The van der Waals surface area contributed by atoms with Crippen LogP contribution in [0.4, 0.5) is 0 Å². The summed E-state index contributed by atoms with van der Waals surface area (Å²) in [7, 11) is -3.51. The minimum Gasteiger partial charge on any atom is -0.357 e. The van der Waals surface area contributed by atoms with Crippen molar-refractivity contribution in [3.63, 3.8) is 0 Å². The van der Waals surface area contributed by atoms with Gasteiger partial charge in [-0.05, 0) is 31.9 Å². The number of hydrogen-bond donors (Lipinski definition) is 3. The molecule has 0 aromatic carbocycles. The molecular weight excluding hydrogens is 483 g/mol. The third-order valence-corrected chi connectivity index (χ3v) is 6.36. The normalized spacial score (nSPS) is 15.3. The molecule has 3 N–H and O–H groups in total. The third kappa shape index (κ3) is 6.87. The fourth-order valence-corrected chi connectivity index (χ4v) is 4.66. The van der Waals surface area contributed by atoms with Gasteiger partial charge in [-0.15, -0.1) is 35.3 Å². The van der Waals surface area contributed by atoms with Crippen molar-refractivity contribution in [1.29, 1.82) is 0 Å². The number of thiophene rings is 1. The van der Waals surface area contributed by atoms with Gasteiger partial charge in [0.1, 0.15) is 4.21 Å². The summed E-state index contributed by atoms with van der Waals surface area (Å²) >= 11 is 6.80. The van der Waals surface area contributed by atoms with E-state index in [0.717, 1.165) is 30.7 Å². The molecule has 0 unspecified atom stereocenters. The Morgan fingerprint density at radius 2 is 2.08 bits per heavy atom. The Hall–Kier alpha value is -0.360. The first-order valence-corrected chi connectivity index (χ1v) is 10.1. The summed E-state index contributed by atoms with van der Waals surface area (Å²) in [6, 6.07) is 3.43. The Kier molecular flexibility index (Phi) is 9.57. The van der Waals surface area contributed by atoms with E-state index in [-0.39, 0.29) is 34.7 Å². The molecule has 1 aliphatic carbocycles. The zero-order valence-electron chi connectivity index (χ0n) is 13.3. The van der Waals surface area contributed by atoms with Crippen LogP contribution in [0.15, 0.2) is 33.5 Å². The summed E-state index contributed by atoms with van der Waals surface area (Å²) < 4.78 is 27.3. The molecule has 0 saturated carbocycles. The smallest absolute Gasteiger partial charge is 0.250 e. The summed E-state index contributed by atoms with van der Waals surface area (Å²) in [5, 5.41) is 6.49. The Morgan fingerprint density at radius 3 is 2.67 bits per heavy atom. The standard InChI is InChI=1S/C14H21ClN4O2S2.HI/c1-2-16-14(19-11-5-3-4-6-11)17-9-10-18-23(20,21)13-8-7-12(15)22-13;/h3-4,7-8,11,18H,2,5-6,9-10H2,1H3,(H2,16,17,19);1H. The van der Waals surface area contributed by atoms with Crippen molar-refractivity contribution in [3.8, 4) is 0 Å². The molecule has 1 aliphatic rings. The fourth-order valence-electron chi connectivity index (χ4n) is 2.11. The Labute approximate surface area is 169 Å². The minimum absolute atomic E-state index is 0. The highest BCUT2D eigenvalue weighted by molar-refractivity contribution is 14.0. The molecule has 1 heterocycles. The molecule has 2 rings (SSSR count). The van der Waals surface area contributed by atoms with Crippen LogP contribution in [0.1, 0.15) is 19.8 Å². The molecule has 10 heteroatoms. The summed E-state index contributed by atoms with van der Waals surface area (Å²) in [4.78, 5) is 4.40. The predicted molar refractivity (Wildman–Crippen MR) is 111 cm³/mol. The van der Waals surface area contributed by atoms with Crippen molar-refractivity contribution >= 4 is 62.9 Å². The topological polar surface area (TPSA) is 82.6 Å². The molecule has 0 aliphatic heterocycles. The lowest BCUT2D eigenvalue weighted by Gasteiger charge is -2.16. The maximum Gasteiger partial charge on any atom is 0.250 e. The van der Waals surface area contributed by atoms with Gasteiger partial charge in [0.05, 0.1) is 10.9 Å². The van der Waals surface area contributed by atoms with E-state index in [1.165, 1.54) is 6.07 Å². The lowest BCUT2D eigenvalue weighted by atomic mass is 10.2. The number of aliphatic imine (C=N–C) groups is 1. The number of rotatable bonds is 7. The van der Waals surface area contributed by atoms with Gasteiger partial charge in [-0.25, -0.2) is 13.1 Å². The molecular formula is C14H22ClIN4O2S2. The van der Waals surface area contributed by atoms with E-state index in [1.54, 1.807) is 6.07 Å². The molecule has 6 nitrogen and oxygen atoms in total. The number of halogens is 2. The van der Waals surface area contributed by atoms with Gasteiger partial charge in [-0.1, -0.05) is 23.8 Å². The van der Waals surface area contributed by atoms with Gasteiger partial charge in [0.2, 0.25) is 10.0 Å². The molecule has 0 spiro atoms. The summed E-state index contributed by atoms with van der Waals surface area (Å²) in [5.41, 5.74) is 0. The quantitative estimate of drug-likeness (QED) is 0.175. The highest BCUT2D eigenvalue weighted by Gasteiger charge is 2.16. The molecule has 0 amide bonds. The maximum absolute atomic E-state index is 12.0. The van der Waals surface area contributed by atoms with E-state index in [9.17, 15) is 8.42 Å². The van der Waals surface area contributed by atoms with Crippen LogP contribution >= 0.6 is 46.9 Å². The zero-order chi connectivity index (χ0) is 16.7. The summed E-state index contributed by atoms with van der Waals surface area (Å²) in [6.07, 6.45) is 6.25. The molecule has 0 radical (unpaired) electrons. The van der Waals surface area contributed by atoms with Crippen LogP contribution < -0.4 is 15.4 Å².